The number of nitrogens with one attached hydrogen (secondary N) is 1. The number of carbonyl (C=O) groups is 1. The normalized spacial score (nSPS) is 13.2. The highest BCUT2D eigenvalue weighted by atomic mass is 127. The quantitative estimate of drug-likeness (QED) is 0.232. The van der Waals surface area contributed by atoms with Crippen LogP contribution in [-0.2, 0) is 21.2 Å². The summed E-state index contributed by atoms with van der Waals surface area (Å²) in [5.41, 5.74) is -3.71. The smallest absolute Gasteiger partial charge is 0.479 e. The van der Waals surface area contributed by atoms with Crippen LogP contribution in [0.3, 0.4) is 0 Å². The minimum Gasteiger partial charge on any atom is -0.479 e. The predicted octanol–water partition coefficient (Wildman–Crippen LogP) is 6.86. The lowest BCUT2D eigenvalue weighted by atomic mass is 9.97. The van der Waals surface area contributed by atoms with E-state index >= 15 is 0 Å². The van der Waals surface area contributed by atoms with Crippen molar-refractivity contribution in [1.29, 1.82) is 0 Å². The third-order valence-corrected chi connectivity index (χ3v) is 7.97. The zero-order valence-corrected chi connectivity index (χ0v) is 24.4. The van der Waals surface area contributed by atoms with Gasteiger partial charge in [0.05, 0.1) is 7.14 Å². The van der Waals surface area contributed by atoms with E-state index in [4.69, 9.17) is 9.15 Å². The number of ether oxygens (including phenoxy) is 1. The fraction of sp³-hybridized carbons (Fsp3) is 0.348. The van der Waals surface area contributed by atoms with Crippen LogP contribution in [0.15, 0.2) is 34.7 Å². The van der Waals surface area contributed by atoms with Gasteiger partial charge in [0.1, 0.15) is 17.1 Å². The molecule has 0 aliphatic heterocycles. The lowest BCUT2D eigenvalue weighted by Crippen LogP contribution is -2.29. The van der Waals surface area contributed by atoms with E-state index in [0.29, 0.717) is 48.0 Å². The number of fused-ring (bicyclic) bond motifs is 1. The average Bonchev–Trinajstić information content (AvgIpc) is 3.10. The molecule has 0 saturated heterocycles. The summed E-state index contributed by atoms with van der Waals surface area (Å²) in [5.74, 6) is -0.0248. The molecule has 0 amide bonds. The van der Waals surface area contributed by atoms with Crippen molar-refractivity contribution in [3.63, 3.8) is 0 Å². The number of furan rings is 1. The maximum atomic E-state index is 12.9. The maximum Gasteiger partial charge on any atom is 0.516 e. The van der Waals surface area contributed by atoms with Gasteiger partial charge in [0, 0.05) is 29.0 Å². The Labute approximate surface area is 233 Å². The highest BCUT2D eigenvalue weighted by molar-refractivity contribution is 14.1. The zero-order chi connectivity index (χ0) is 27.0. The van der Waals surface area contributed by atoms with Crippen LogP contribution in [0.25, 0.3) is 11.0 Å². The lowest BCUT2D eigenvalue weighted by molar-refractivity contribution is -0.145. The molecule has 1 heterocycles. The lowest BCUT2D eigenvalue weighted by Gasteiger charge is -2.17. The summed E-state index contributed by atoms with van der Waals surface area (Å²) in [5, 5.41) is 9.81. The first kappa shape index (κ1) is 28.8. The number of anilines is 1. The summed E-state index contributed by atoms with van der Waals surface area (Å²) < 4.78 is 76.4. The Kier molecular flexibility index (Phi) is 8.75. The molecule has 1 unspecified atom stereocenters. The van der Waals surface area contributed by atoms with Crippen molar-refractivity contribution in [2.24, 2.45) is 0 Å². The van der Waals surface area contributed by atoms with E-state index in [-0.39, 0.29) is 11.6 Å². The Morgan fingerprint density at radius 2 is 1.78 bits per heavy atom. The van der Waals surface area contributed by atoms with Gasteiger partial charge in [0.15, 0.2) is 6.10 Å². The fourth-order valence-electron chi connectivity index (χ4n) is 3.57. The van der Waals surface area contributed by atoms with Crippen molar-refractivity contribution in [1.82, 2.24) is 0 Å². The molecular formula is C23H22F3I2NO6S. The summed E-state index contributed by atoms with van der Waals surface area (Å²) in [6.07, 6.45) is -0.344. The molecule has 3 rings (SSSR count). The second kappa shape index (κ2) is 10.9. The van der Waals surface area contributed by atoms with E-state index < -0.39 is 27.6 Å². The molecule has 0 aliphatic carbocycles. The second-order valence-electron chi connectivity index (χ2n) is 8.28. The molecule has 1 atom stereocenters. The molecule has 0 spiro atoms. The minimum absolute atomic E-state index is 0.0515. The van der Waals surface area contributed by atoms with Crippen molar-refractivity contribution < 1.29 is 40.6 Å². The second-order valence-corrected chi connectivity index (χ2v) is 12.3. The summed E-state index contributed by atoms with van der Waals surface area (Å²) in [7, 11) is -5.57. The number of halogens is 5. The molecule has 7 nitrogen and oxygen atoms in total. The Hall–Kier alpha value is -1.75. The summed E-state index contributed by atoms with van der Waals surface area (Å²) >= 11 is 4.13. The summed E-state index contributed by atoms with van der Waals surface area (Å²) in [6.45, 7) is 5.54. The number of aliphatic carboxylic acids is 1. The number of hydrogen-bond acceptors (Lipinski definition) is 5. The van der Waals surface area contributed by atoms with Crippen molar-refractivity contribution in [2.45, 2.75) is 51.1 Å². The van der Waals surface area contributed by atoms with Gasteiger partial charge < -0.3 is 14.3 Å². The first-order chi connectivity index (χ1) is 16.6. The summed E-state index contributed by atoms with van der Waals surface area (Å²) in [4.78, 5) is 11.4. The van der Waals surface area contributed by atoms with Gasteiger partial charge in [-0.1, -0.05) is 20.8 Å². The van der Waals surface area contributed by atoms with Crippen LogP contribution < -0.4 is 9.46 Å². The molecule has 3 aromatic rings. The zero-order valence-electron chi connectivity index (χ0n) is 19.2. The van der Waals surface area contributed by atoms with Gasteiger partial charge in [-0.25, -0.2) is 4.79 Å². The first-order valence-electron chi connectivity index (χ1n) is 10.7. The van der Waals surface area contributed by atoms with Crippen LogP contribution in [-0.4, -0.2) is 31.1 Å². The standard InChI is InChI=1S/C23H22F3I2NO6S/c1-4-18(22(30)31)34-21-16(27)8-12(9-17(21)28)7-15-14-10-13(29-36(32,33)23(24,25)26)5-6-19(14)35-20(15)11(2)3/h5-6,8-11,18,29H,4,7H2,1-3H3,(H,30,31). The van der Waals surface area contributed by atoms with Gasteiger partial charge in [-0.05, 0) is 87.5 Å². The number of carboxylic acids is 1. The van der Waals surface area contributed by atoms with E-state index in [2.05, 4.69) is 45.2 Å². The van der Waals surface area contributed by atoms with E-state index in [9.17, 15) is 31.5 Å². The molecule has 2 N–H and O–H groups in total. The van der Waals surface area contributed by atoms with Gasteiger partial charge >= 0.3 is 21.5 Å². The highest BCUT2D eigenvalue weighted by Crippen LogP contribution is 2.37. The molecule has 0 fully saturated rings. The molecular weight excluding hydrogens is 729 g/mol. The number of rotatable bonds is 9. The monoisotopic (exact) mass is 751 g/mol. The topological polar surface area (TPSA) is 106 Å². The Balaban J connectivity index is 2.04. The third kappa shape index (κ3) is 6.20. The van der Waals surface area contributed by atoms with Crippen molar-refractivity contribution in [3.05, 3.63) is 54.4 Å². The maximum absolute atomic E-state index is 12.9. The van der Waals surface area contributed by atoms with Crippen LogP contribution in [0.1, 0.15) is 50.0 Å². The number of sulfonamides is 1. The summed E-state index contributed by atoms with van der Waals surface area (Å²) in [6, 6.07) is 7.65. The minimum atomic E-state index is -5.57. The molecule has 0 radical (unpaired) electrons. The first-order valence-corrected chi connectivity index (χ1v) is 14.3. The number of hydrogen-bond donors (Lipinski definition) is 2. The van der Waals surface area contributed by atoms with Crippen molar-refractivity contribution in [2.75, 3.05) is 4.72 Å². The third-order valence-electron chi connectivity index (χ3n) is 5.25. The number of benzene rings is 2. The fourth-order valence-corrected chi connectivity index (χ4v) is 6.28. The SMILES string of the molecule is CCC(Oc1c(I)cc(Cc2c(C(C)C)oc3ccc(NS(=O)(=O)C(F)(F)F)cc23)cc1I)C(=O)O. The van der Waals surface area contributed by atoms with Gasteiger partial charge in [0.25, 0.3) is 0 Å². The predicted molar refractivity (Wildman–Crippen MR) is 146 cm³/mol. The molecule has 1 aromatic heterocycles. The Morgan fingerprint density at radius 1 is 1.17 bits per heavy atom. The van der Waals surface area contributed by atoms with Crippen molar-refractivity contribution >= 4 is 77.8 Å². The molecule has 0 aliphatic rings. The van der Waals surface area contributed by atoms with Gasteiger partial charge in [-0.2, -0.15) is 21.6 Å². The number of alkyl halides is 3. The van der Waals surface area contributed by atoms with Crippen LogP contribution in [0.5, 0.6) is 5.75 Å². The molecule has 13 heteroatoms. The van der Waals surface area contributed by atoms with Gasteiger partial charge in [-0.3, -0.25) is 4.72 Å². The van der Waals surface area contributed by atoms with Crippen LogP contribution in [0.4, 0.5) is 18.9 Å². The van der Waals surface area contributed by atoms with E-state index in [1.165, 1.54) is 18.2 Å². The molecule has 0 bridgehead atoms. The molecule has 196 valence electrons. The van der Waals surface area contributed by atoms with Crippen LogP contribution >= 0.6 is 45.2 Å². The van der Waals surface area contributed by atoms with E-state index in [0.717, 1.165) is 5.56 Å². The van der Waals surface area contributed by atoms with Crippen LogP contribution in [0, 0.1) is 7.14 Å². The number of carboxylic acid groups (broad SMARTS) is 1. The van der Waals surface area contributed by atoms with E-state index in [1.807, 2.05) is 26.0 Å². The molecule has 2 aromatic carbocycles. The highest BCUT2D eigenvalue weighted by Gasteiger charge is 2.46. The largest absolute Gasteiger partial charge is 0.516 e. The van der Waals surface area contributed by atoms with E-state index in [1.54, 1.807) is 11.6 Å². The Morgan fingerprint density at radius 3 is 2.28 bits per heavy atom. The Bertz CT molecular complexity index is 1380. The molecule has 36 heavy (non-hydrogen) atoms. The van der Waals surface area contributed by atoms with Gasteiger partial charge in [0.2, 0.25) is 0 Å². The van der Waals surface area contributed by atoms with Crippen LogP contribution in [0.2, 0.25) is 0 Å². The average molecular weight is 751 g/mol. The van der Waals surface area contributed by atoms with Gasteiger partial charge in [-0.15, -0.1) is 0 Å². The molecule has 0 saturated carbocycles. The van der Waals surface area contributed by atoms with Crippen molar-refractivity contribution in [3.8, 4) is 5.75 Å².